The molecular formula is C7H6NO. The van der Waals surface area contributed by atoms with Crippen LogP contribution in [0.25, 0.3) is 0 Å². The molecule has 0 fully saturated rings. The molecule has 1 aliphatic rings. The average Bonchev–Trinajstić information content (AvgIpc) is 2.33. The molecule has 0 aliphatic carbocycles. The van der Waals surface area contributed by atoms with E-state index in [4.69, 9.17) is 4.74 Å². The van der Waals surface area contributed by atoms with Gasteiger partial charge in [-0.15, -0.1) is 0 Å². The number of nitrogens with zero attached hydrogens (tertiary/aromatic N) is 1. The molecule has 0 bridgehead atoms. The molecule has 0 saturated carbocycles. The summed E-state index contributed by atoms with van der Waals surface area (Å²) in [4.78, 5) is 4.01. The van der Waals surface area contributed by atoms with E-state index in [1.807, 2.05) is 12.1 Å². The van der Waals surface area contributed by atoms with E-state index in [0.717, 1.165) is 12.3 Å². The van der Waals surface area contributed by atoms with Crippen LogP contribution in [-0.4, -0.2) is 4.98 Å². The lowest BCUT2D eigenvalue weighted by molar-refractivity contribution is 0.420. The minimum absolute atomic E-state index is 0.762. The van der Waals surface area contributed by atoms with Gasteiger partial charge < -0.3 is 4.74 Å². The molecule has 0 N–H and O–H groups in total. The summed E-state index contributed by atoms with van der Waals surface area (Å²) in [5, 5.41) is 0. The van der Waals surface area contributed by atoms with Gasteiger partial charge in [-0.1, -0.05) is 6.07 Å². The van der Waals surface area contributed by atoms with Gasteiger partial charge in [0.2, 0.25) is 5.88 Å². The highest BCUT2D eigenvalue weighted by Gasteiger charge is 2.11. The highest BCUT2D eigenvalue weighted by Crippen LogP contribution is 2.22. The third-order valence-electron chi connectivity index (χ3n) is 1.35. The lowest BCUT2D eigenvalue weighted by Gasteiger charge is -1.91. The molecule has 1 aromatic heterocycles. The molecule has 2 nitrogen and oxygen atoms in total. The van der Waals surface area contributed by atoms with E-state index >= 15 is 0 Å². The first kappa shape index (κ1) is 4.79. The Hall–Kier alpha value is -1.05. The van der Waals surface area contributed by atoms with E-state index in [9.17, 15) is 0 Å². The van der Waals surface area contributed by atoms with Crippen molar-refractivity contribution in [2.75, 3.05) is 0 Å². The molecule has 0 aromatic carbocycles. The minimum Gasteiger partial charge on any atom is -0.470 e. The van der Waals surface area contributed by atoms with E-state index in [-0.39, 0.29) is 0 Å². The average molecular weight is 120 g/mol. The molecule has 0 spiro atoms. The van der Waals surface area contributed by atoms with Crippen LogP contribution in [0, 0.1) is 6.61 Å². The zero-order valence-electron chi connectivity index (χ0n) is 4.87. The number of fused-ring (bicyclic) bond motifs is 1. The van der Waals surface area contributed by atoms with Crippen molar-refractivity contribution in [2.45, 2.75) is 6.42 Å². The lowest BCUT2D eigenvalue weighted by Crippen LogP contribution is -1.80. The van der Waals surface area contributed by atoms with Crippen molar-refractivity contribution in [3.8, 4) is 5.88 Å². The Morgan fingerprint density at radius 1 is 1.56 bits per heavy atom. The summed E-state index contributed by atoms with van der Waals surface area (Å²) in [6.07, 6.45) is 2.63. The number of aromatic nitrogens is 1. The van der Waals surface area contributed by atoms with Crippen LogP contribution < -0.4 is 4.74 Å². The minimum atomic E-state index is 0.762. The number of rotatable bonds is 0. The van der Waals surface area contributed by atoms with Gasteiger partial charge in [0.25, 0.3) is 0 Å². The Balaban J connectivity index is 2.54. The molecule has 2 heteroatoms. The van der Waals surface area contributed by atoms with Crippen molar-refractivity contribution < 1.29 is 4.74 Å². The molecule has 0 atom stereocenters. The van der Waals surface area contributed by atoms with Crippen LogP contribution in [-0.2, 0) is 6.42 Å². The van der Waals surface area contributed by atoms with Gasteiger partial charge in [-0.3, -0.25) is 0 Å². The van der Waals surface area contributed by atoms with Crippen molar-refractivity contribution in [1.29, 1.82) is 0 Å². The van der Waals surface area contributed by atoms with Gasteiger partial charge in [-0.2, -0.15) is 0 Å². The molecule has 0 saturated heterocycles. The van der Waals surface area contributed by atoms with Crippen molar-refractivity contribution >= 4 is 0 Å². The first-order valence-electron chi connectivity index (χ1n) is 2.89. The van der Waals surface area contributed by atoms with E-state index in [1.54, 1.807) is 12.8 Å². The molecule has 1 radical (unpaired) electrons. The van der Waals surface area contributed by atoms with E-state index < -0.39 is 0 Å². The Morgan fingerprint density at radius 2 is 2.56 bits per heavy atom. The molecule has 45 valence electrons. The number of ether oxygens (including phenoxy) is 1. The van der Waals surface area contributed by atoms with Crippen LogP contribution in [0.3, 0.4) is 0 Å². The summed E-state index contributed by atoms with van der Waals surface area (Å²) in [6, 6.07) is 3.94. The quantitative estimate of drug-likeness (QED) is 0.513. The number of hydrogen-bond acceptors (Lipinski definition) is 2. The molecule has 2 heterocycles. The number of hydrogen-bond donors (Lipinski definition) is 0. The predicted molar refractivity (Wildman–Crippen MR) is 32.9 cm³/mol. The summed E-state index contributed by atoms with van der Waals surface area (Å²) < 4.78 is 5.06. The van der Waals surface area contributed by atoms with Gasteiger partial charge in [0, 0.05) is 18.2 Å². The molecular weight excluding hydrogens is 114 g/mol. The fourth-order valence-corrected chi connectivity index (χ4v) is 0.896. The van der Waals surface area contributed by atoms with Crippen molar-refractivity contribution in [2.24, 2.45) is 0 Å². The normalized spacial score (nSPS) is 14.7. The Labute approximate surface area is 53.5 Å². The molecule has 0 amide bonds. The van der Waals surface area contributed by atoms with Gasteiger partial charge in [0.15, 0.2) is 0 Å². The van der Waals surface area contributed by atoms with Crippen molar-refractivity contribution in [1.82, 2.24) is 4.98 Å². The van der Waals surface area contributed by atoms with E-state index in [2.05, 4.69) is 4.98 Å². The van der Waals surface area contributed by atoms with E-state index in [1.165, 1.54) is 5.56 Å². The Bertz CT molecular complexity index is 199. The van der Waals surface area contributed by atoms with Gasteiger partial charge in [-0.25, -0.2) is 4.98 Å². The maximum absolute atomic E-state index is 5.06. The van der Waals surface area contributed by atoms with Crippen LogP contribution in [0.2, 0.25) is 0 Å². The second-order valence-corrected chi connectivity index (χ2v) is 1.96. The molecule has 1 aromatic rings. The van der Waals surface area contributed by atoms with Crippen LogP contribution >= 0.6 is 0 Å². The number of pyridine rings is 1. The largest absolute Gasteiger partial charge is 0.470 e. The van der Waals surface area contributed by atoms with Crippen molar-refractivity contribution in [3.63, 3.8) is 0 Å². The summed E-state index contributed by atoms with van der Waals surface area (Å²) in [6.45, 7) is 1.76. The topological polar surface area (TPSA) is 22.1 Å². The SMILES string of the molecule is [CH]1Cc2cccnc2O1. The van der Waals surface area contributed by atoms with Gasteiger partial charge in [-0.05, 0) is 6.07 Å². The van der Waals surface area contributed by atoms with Crippen LogP contribution in [0.1, 0.15) is 5.56 Å². The van der Waals surface area contributed by atoms with Crippen LogP contribution in [0.4, 0.5) is 0 Å². The standard InChI is InChI=1S/C7H6NO/c1-2-6-3-5-9-7(6)8-4-1/h1-2,4-5H,3H2. The molecule has 2 rings (SSSR count). The first-order chi connectivity index (χ1) is 4.47. The highest BCUT2D eigenvalue weighted by molar-refractivity contribution is 5.30. The monoisotopic (exact) mass is 120 g/mol. The zero-order valence-corrected chi connectivity index (χ0v) is 4.87. The fourth-order valence-electron chi connectivity index (χ4n) is 0.896. The molecule has 1 aliphatic heterocycles. The third-order valence-corrected chi connectivity index (χ3v) is 1.35. The smallest absolute Gasteiger partial charge is 0.217 e. The fraction of sp³-hybridized carbons (Fsp3) is 0.143. The maximum atomic E-state index is 5.06. The van der Waals surface area contributed by atoms with E-state index in [0.29, 0.717) is 0 Å². The first-order valence-corrected chi connectivity index (χ1v) is 2.89. The second kappa shape index (κ2) is 1.72. The zero-order chi connectivity index (χ0) is 6.10. The lowest BCUT2D eigenvalue weighted by atomic mass is 10.2. The van der Waals surface area contributed by atoms with Gasteiger partial charge in [0.05, 0.1) is 0 Å². The predicted octanol–water partition coefficient (Wildman–Crippen LogP) is 1.18. The Morgan fingerprint density at radius 3 is 3.44 bits per heavy atom. The van der Waals surface area contributed by atoms with Gasteiger partial charge >= 0.3 is 0 Å². The summed E-state index contributed by atoms with van der Waals surface area (Å²) in [5.74, 6) is 0.762. The summed E-state index contributed by atoms with van der Waals surface area (Å²) >= 11 is 0. The molecule has 0 unspecified atom stereocenters. The van der Waals surface area contributed by atoms with Crippen LogP contribution in [0.5, 0.6) is 5.88 Å². The summed E-state index contributed by atoms with van der Waals surface area (Å²) in [5.41, 5.74) is 1.18. The molecule has 9 heavy (non-hydrogen) atoms. The van der Waals surface area contributed by atoms with Crippen molar-refractivity contribution in [3.05, 3.63) is 30.5 Å². The summed E-state index contributed by atoms with van der Waals surface area (Å²) in [7, 11) is 0. The maximum Gasteiger partial charge on any atom is 0.217 e. The third kappa shape index (κ3) is 0.669. The van der Waals surface area contributed by atoms with Gasteiger partial charge in [0.1, 0.15) is 6.61 Å². The highest BCUT2D eigenvalue weighted by atomic mass is 16.5. The second-order valence-electron chi connectivity index (χ2n) is 1.96. The van der Waals surface area contributed by atoms with Crippen LogP contribution in [0.15, 0.2) is 18.3 Å². The Kier molecular flexibility index (Phi) is 0.918.